The Hall–Kier alpha value is -4.07. The summed E-state index contributed by atoms with van der Waals surface area (Å²) >= 11 is 0. The third kappa shape index (κ3) is 4.32. The second kappa shape index (κ2) is 8.82. The van der Waals surface area contributed by atoms with Crippen LogP contribution in [0.25, 0.3) is 22.8 Å². The smallest absolute Gasteiger partial charge is 0.258 e. The van der Waals surface area contributed by atoms with Crippen LogP contribution >= 0.6 is 0 Å². The second-order valence-electron chi connectivity index (χ2n) is 7.74. The molecule has 5 rings (SSSR count). The van der Waals surface area contributed by atoms with Crippen molar-refractivity contribution >= 4 is 11.6 Å². The van der Waals surface area contributed by atoms with Gasteiger partial charge < -0.3 is 14.3 Å². The van der Waals surface area contributed by atoms with Crippen LogP contribution in [-0.4, -0.2) is 47.1 Å². The summed E-state index contributed by atoms with van der Waals surface area (Å²) < 4.78 is 32.5. The van der Waals surface area contributed by atoms with Gasteiger partial charge in [-0.2, -0.15) is 4.98 Å². The molecule has 1 amide bonds. The first-order chi connectivity index (χ1) is 16.1. The fourth-order valence-corrected chi connectivity index (χ4v) is 3.85. The maximum absolute atomic E-state index is 14.0. The Bertz CT molecular complexity index is 1260. The highest BCUT2D eigenvalue weighted by atomic mass is 19.1. The van der Waals surface area contributed by atoms with Gasteiger partial charge in [0.2, 0.25) is 5.82 Å². The quantitative estimate of drug-likeness (QED) is 0.457. The number of aromatic nitrogens is 2. The van der Waals surface area contributed by atoms with E-state index in [0.717, 1.165) is 0 Å². The van der Waals surface area contributed by atoms with Crippen molar-refractivity contribution < 1.29 is 18.1 Å². The fourth-order valence-electron chi connectivity index (χ4n) is 3.85. The summed E-state index contributed by atoms with van der Waals surface area (Å²) in [5.41, 5.74) is 2.44. The molecule has 0 saturated carbocycles. The molecule has 0 radical (unpaired) electrons. The third-order valence-electron chi connectivity index (χ3n) is 5.67. The van der Waals surface area contributed by atoms with Gasteiger partial charge in [-0.25, -0.2) is 8.78 Å². The van der Waals surface area contributed by atoms with Gasteiger partial charge in [-0.05, 0) is 60.7 Å². The molecule has 6 nitrogen and oxygen atoms in total. The maximum atomic E-state index is 14.0. The fraction of sp³-hybridized carbons (Fsp3) is 0.160. The van der Waals surface area contributed by atoms with Crippen LogP contribution in [0.4, 0.5) is 14.5 Å². The third-order valence-corrected chi connectivity index (χ3v) is 5.67. The highest BCUT2D eigenvalue weighted by Crippen LogP contribution is 2.24. The molecule has 166 valence electrons. The number of carbonyl (C=O) groups excluding carboxylic acids is 1. The van der Waals surface area contributed by atoms with Gasteiger partial charge in [-0.3, -0.25) is 4.79 Å². The van der Waals surface area contributed by atoms with Crippen molar-refractivity contribution in [1.82, 2.24) is 15.0 Å². The SMILES string of the molecule is O=C(c1ccc(-c2nc(-c3ccc(F)cc3)no2)cc1)N1CCN(c2ccccc2F)CC1. The molecule has 33 heavy (non-hydrogen) atoms. The van der Waals surface area contributed by atoms with E-state index in [0.29, 0.717) is 60.3 Å². The van der Waals surface area contributed by atoms with E-state index >= 15 is 0 Å². The summed E-state index contributed by atoms with van der Waals surface area (Å²) in [6.07, 6.45) is 0. The van der Waals surface area contributed by atoms with Crippen molar-refractivity contribution in [3.05, 3.63) is 90.0 Å². The van der Waals surface area contributed by atoms with E-state index in [1.54, 1.807) is 53.4 Å². The van der Waals surface area contributed by atoms with E-state index in [2.05, 4.69) is 10.1 Å². The lowest BCUT2D eigenvalue weighted by molar-refractivity contribution is 0.0746. The number of nitrogens with zero attached hydrogens (tertiary/aromatic N) is 4. The molecular weight excluding hydrogens is 426 g/mol. The first-order valence-electron chi connectivity index (χ1n) is 10.6. The summed E-state index contributed by atoms with van der Waals surface area (Å²) in [6, 6.07) is 19.5. The van der Waals surface area contributed by atoms with Crippen molar-refractivity contribution in [2.24, 2.45) is 0 Å². The Morgan fingerprint density at radius 3 is 2.18 bits per heavy atom. The summed E-state index contributed by atoms with van der Waals surface area (Å²) in [6.45, 7) is 2.16. The molecule has 0 N–H and O–H groups in total. The summed E-state index contributed by atoms with van der Waals surface area (Å²) in [5, 5.41) is 3.95. The summed E-state index contributed by atoms with van der Waals surface area (Å²) in [5.74, 6) is 0.00445. The van der Waals surface area contributed by atoms with E-state index < -0.39 is 0 Å². The van der Waals surface area contributed by atoms with Gasteiger partial charge in [-0.15, -0.1) is 0 Å². The molecular formula is C25H20F2N4O2. The lowest BCUT2D eigenvalue weighted by Gasteiger charge is -2.36. The van der Waals surface area contributed by atoms with Gasteiger partial charge in [0.1, 0.15) is 11.6 Å². The van der Waals surface area contributed by atoms with E-state index in [1.807, 2.05) is 11.0 Å². The highest BCUT2D eigenvalue weighted by Gasteiger charge is 2.23. The van der Waals surface area contributed by atoms with Crippen molar-refractivity contribution in [2.75, 3.05) is 31.1 Å². The molecule has 1 aliphatic rings. The van der Waals surface area contributed by atoms with Crippen molar-refractivity contribution in [1.29, 1.82) is 0 Å². The predicted molar refractivity (Wildman–Crippen MR) is 120 cm³/mol. The number of rotatable bonds is 4. The number of anilines is 1. The number of carbonyl (C=O) groups is 1. The number of para-hydroxylation sites is 1. The van der Waals surface area contributed by atoms with E-state index in [-0.39, 0.29) is 17.5 Å². The number of amides is 1. The van der Waals surface area contributed by atoms with E-state index in [4.69, 9.17) is 4.52 Å². The van der Waals surface area contributed by atoms with Crippen LogP contribution in [0.5, 0.6) is 0 Å². The van der Waals surface area contributed by atoms with Gasteiger partial charge in [0.05, 0.1) is 5.69 Å². The number of hydrogen-bond donors (Lipinski definition) is 0. The monoisotopic (exact) mass is 446 g/mol. The minimum atomic E-state index is -0.337. The van der Waals surface area contributed by atoms with Crippen LogP contribution in [0.2, 0.25) is 0 Å². The largest absolute Gasteiger partial charge is 0.366 e. The van der Waals surface area contributed by atoms with Crippen LogP contribution in [0.3, 0.4) is 0 Å². The lowest BCUT2D eigenvalue weighted by atomic mass is 10.1. The van der Waals surface area contributed by atoms with Gasteiger partial charge in [0.15, 0.2) is 0 Å². The van der Waals surface area contributed by atoms with Crippen LogP contribution in [0, 0.1) is 11.6 Å². The molecule has 0 bridgehead atoms. The zero-order chi connectivity index (χ0) is 22.8. The molecule has 0 aliphatic carbocycles. The lowest BCUT2D eigenvalue weighted by Crippen LogP contribution is -2.49. The van der Waals surface area contributed by atoms with Crippen LogP contribution in [0.15, 0.2) is 77.3 Å². The topological polar surface area (TPSA) is 62.5 Å². The number of halogens is 2. The molecule has 0 unspecified atom stereocenters. The zero-order valence-corrected chi connectivity index (χ0v) is 17.6. The molecule has 1 saturated heterocycles. The van der Waals surface area contributed by atoms with Crippen molar-refractivity contribution in [2.45, 2.75) is 0 Å². The van der Waals surface area contributed by atoms with E-state index in [9.17, 15) is 13.6 Å². The molecule has 1 aromatic heterocycles. The Balaban J connectivity index is 1.24. The summed E-state index contributed by atoms with van der Waals surface area (Å²) in [7, 11) is 0. The van der Waals surface area contributed by atoms with Crippen LogP contribution < -0.4 is 4.90 Å². The molecule has 2 heterocycles. The number of piperazine rings is 1. The molecule has 4 aromatic rings. The number of hydrogen-bond acceptors (Lipinski definition) is 5. The standard InChI is InChI=1S/C25H20F2N4O2/c26-20-11-9-17(10-12-20)23-28-24(33-29-23)18-5-7-19(8-6-18)25(32)31-15-13-30(14-16-31)22-4-2-1-3-21(22)27/h1-12H,13-16H2. The molecule has 0 atom stereocenters. The Morgan fingerprint density at radius 1 is 0.818 bits per heavy atom. The Kier molecular flexibility index (Phi) is 5.56. The Morgan fingerprint density at radius 2 is 1.48 bits per heavy atom. The van der Waals surface area contributed by atoms with Crippen LogP contribution in [0.1, 0.15) is 10.4 Å². The molecule has 3 aromatic carbocycles. The normalized spacial score (nSPS) is 13.9. The maximum Gasteiger partial charge on any atom is 0.258 e. The predicted octanol–water partition coefficient (Wildman–Crippen LogP) is 4.64. The van der Waals surface area contributed by atoms with Crippen LogP contribution in [-0.2, 0) is 0 Å². The van der Waals surface area contributed by atoms with Crippen molar-refractivity contribution in [3.8, 4) is 22.8 Å². The minimum absolute atomic E-state index is 0.0766. The van der Waals surface area contributed by atoms with Crippen molar-refractivity contribution in [3.63, 3.8) is 0 Å². The summed E-state index contributed by atoms with van der Waals surface area (Å²) in [4.78, 5) is 21.0. The molecule has 0 spiro atoms. The zero-order valence-electron chi connectivity index (χ0n) is 17.6. The van der Waals surface area contributed by atoms with E-state index in [1.165, 1.54) is 18.2 Å². The molecule has 1 fully saturated rings. The van der Waals surface area contributed by atoms with Gasteiger partial charge in [-0.1, -0.05) is 17.3 Å². The average Bonchev–Trinajstić information content (AvgIpc) is 3.35. The Labute approximate surface area is 189 Å². The molecule has 8 heteroatoms. The first-order valence-corrected chi connectivity index (χ1v) is 10.6. The average molecular weight is 446 g/mol. The second-order valence-corrected chi connectivity index (χ2v) is 7.74. The van der Waals surface area contributed by atoms with Gasteiger partial charge in [0.25, 0.3) is 11.8 Å². The minimum Gasteiger partial charge on any atom is -0.366 e. The first kappa shape index (κ1) is 20.8. The highest BCUT2D eigenvalue weighted by molar-refractivity contribution is 5.94. The molecule has 1 aliphatic heterocycles. The van der Waals surface area contributed by atoms with Gasteiger partial charge in [0, 0.05) is 42.9 Å². The van der Waals surface area contributed by atoms with Gasteiger partial charge >= 0.3 is 0 Å². The number of benzene rings is 3.